The van der Waals surface area contributed by atoms with E-state index in [1.54, 1.807) is 51.1 Å². The monoisotopic (exact) mass is 276 g/mol. The van der Waals surface area contributed by atoms with Crippen LogP contribution in [0.2, 0.25) is 0 Å². The van der Waals surface area contributed by atoms with Gasteiger partial charge in [0.25, 0.3) is 5.91 Å². The zero-order valence-electron chi connectivity index (χ0n) is 12.0. The molecule has 5 nitrogen and oxygen atoms in total. The molecule has 0 aliphatic heterocycles. The first-order chi connectivity index (χ1) is 9.33. The highest BCUT2D eigenvalue weighted by Gasteiger charge is 2.18. The largest absolute Gasteiger partial charge is 0.444 e. The number of carbonyl (C=O) groups is 2. The fourth-order valence-corrected chi connectivity index (χ4v) is 1.46. The molecule has 20 heavy (non-hydrogen) atoms. The first kappa shape index (κ1) is 15.8. The Balaban J connectivity index is 2.82. The van der Waals surface area contributed by atoms with Gasteiger partial charge in [0.2, 0.25) is 0 Å². The molecule has 0 radical (unpaired) electrons. The first-order valence-corrected chi connectivity index (χ1v) is 6.31. The summed E-state index contributed by atoms with van der Waals surface area (Å²) >= 11 is 0. The average Bonchev–Trinajstić information content (AvgIpc) is 2.34. The van der Waals surface area contributed by atoms with Crippen LogP contribution in [0.1, 0.15) is 31.1 Å². The van der Waals surface area contributed by atoms with Gasteiger partial charge in [-0.3, -0.25) is 10.1 Å². The molecule has 0 aliphatic rings. The highest BCUT2D eigenvalue weighted by molar-refractivity contribution is 6.02. The molecule has 1 rings (SSSR count). The third-order valence-corrected chi connectivity index (χ3v) is 2.21. The summed E-state index contributed by atoms with van der Waals surface area (Å²) in [7, 11) is 0. The van der Waals surface area contributed by atoms with E-state index < -0.39 is 11.7 Å². The van der Waals surface area contributed by atoms with Gasteiger partial charge in [0.1, 0.15) is 5.60 Å². The van der Waals surface area contributed by atoms with Crippen molar-refractivity contribution in [2.75, 3.05) is 11.9 Å². The average molecular weight is 276 g/mol. The lowest BCUT2D eigenvalue weighted by Crippen LogP contribution is -2.29. The molecule has 108 valence electrons. The van der Waals surface area contributed by atoms with E-state index in [4.69, 9.17) is 4.74 Å². The van der Waals surface area contributed by atoms with Crippen LogP contribution in [0, 0.1) is 0 Å². The van der Waals surface area contributed by atoms with Crippen LogP contribution in [0.3, 0.4) is 0 Å². The molecule has 2 N–H and O–H groups in total. The highest BCUT2D eigenvalue weighted by atomic mass is 16.6. The Labute approximate surface area is 119 Å². The minimum absolute atomic E-state index is 0.281. The third-order valence-electron chi connectivity index (χ3n) is 2.21. The summed E-state index contributed by atoms with van der Waals surface area (Å²) in [6.45, 7) is 9.21. The number of amides is 2. The van der Waals surface area contributed by atoms with Crippen LogP contribution < -0.4 is 10.6 Å². The van der Waals surface area contributed by atoms with Gasteiger partial charge in [0.15, 0.2) is 0 Å². The van der Waals surface area contributed by atoms with Gasteiger partial charge in [-0.05, 0) is 32.9 Å². The van der Waals surface area contributed by atoms with E-state index in [9.17, 15) is 9.59 Å². The van der Waals surface area contributed by atoms with Crippen molar-refractivity contribution in [1.29, 1.82) is 0 Å². The van der Waals surface area contributed by atoms with Crippen molar-refractivity contribution in [3.63, 3.8) is 0 Å². The Kier molecular flexibility index (Phi) is 5.32. The SMILES string of the molecule is C=CCNC(=O)c1ccccc1NC(=O)OC(C)(C)C. The van der Waals surface area contributed by atoms with Crippen molar-refractivity contribution < 1.29 is 14.3 Å². The van der Waals surface area contributed by atoms with E-state index in [1.165, 1.54) is 0 Å². The van der Waals surface area contributed by atoms with Crippen LogP contribution in [0.5, 0.6) is 0 Å². The predicted octanol–water partition coefficient (Wildman–Crippen LogP) is 2.95. The second kappa shape index (κ2) is 6.75. The summed E-state index contributed by atoms with van der Waals surface area (Å²) in [4.78, 5) is 23.7. The molecular weight excluding hydrogens is 256 g/mol. The lowest BCUT2D eigenvalue weighted by molar-refractivity contribution is 0.0636. The van der Waals surface area contributed by atoms with Crippen LogP contribution in [-0.2, 0) is 4.74 Å². The summed E-state index contributed by atoms with van der Waals surface area (Å²) in [6.07, 6.45) is 0.989. The van der Waals surface area contributed by atoms with Crippen LogP contribution >= 0.6 is 0 Å². The van der Waals surface area contributed by atoms with E-state index >= 15 is 0 Å². The minimum atomic E-state index is -0.596. The Morgan fingerprint density at radius 2 is 1.95 bits per heavy atom. The van der Waals surface area contributed by atoms with E-state index in [0.717, 1.165) is 0 Å². The normalized spacial score (nSPS) is 10.6. The van der Waals surface area contributed by atoms with Gasteiger partial charge in [-0.1, -0.05) is 18.2 Å². The number of hydrogen-bond acceptors (Lipinski definition) is 3. The van der Waals surface area contributed by atoms with E-state index in [2.05, 4.69) is 17.2 Å². The fourth-order valence-electron chi connectivity index (χ4n) is 1.46. The maximum absolute atomic E-state index is 11.9. The molecule has 1 aromatic rings. The molecule has 5 heteroatoms. The van der Waals surface area contributed by atoms with Crippen LogP contribution in [0.25, 0.3) is 0 Å². The zero-order chi connectivity index (χ0) is 15.2. The van der Waals surface area contributed by atoms with Crippen molar-refractivity contribution in [2.45, 2.75) is 26.4 Å². The molecule has 0 aliphatic carbocycles. The molecular formula is C15H20N2O3. The molecule has 0 saturated heterocycles. The van der Waals surface area contributed by atoms with Crippen LogP contribution in [0.15, 0.2) is 36.9 Å². The Morgan fingerprint density at radius 1 is 1.30 bits per heavy atom. The Hall–Kier alpha value is -2.30. The number of para-hydroxylation sites is 1. The van der Waals surface area contributed by atoms with E-state index in [1.807, 2.05) is 0 Å². The van der Waals surface area contributed by atoms with Crippen molar-refractivity contribution in [3.05, 3.63) is 42.5 Å². The van der Waals surface area contributed by atoms with Crippen LogP contribution in [0.4, 0.5) is 10.5 Å². The molecule has 0 fully saturated rings. The lowest BCUT2D eigenvalue weighted by Gasteiger charge is -2.20. The Morgan fingerprint density at radius 3 is 2.55 bits per heavy atom. The number of rotatable bonds is 4. The summed E-state index contributed by atoms with van der Waals surface area (Å²) in [5.74, 6) is -0.281. The van der Waals surface area contributed by atoms with Gasteiger partial charge in [0, 0.05) is 6.54 Å². The standard InChI is InChI=1S/C15H20N2O3/c1-5-10-16-13(18)11-8-6-7-9-12(11)17-14(19)20-15(2,3)4/h5-9H,1,10H2,2-4H3,(H,16,18)(H,17,19). The lowest BCUT2D eigenvalue weighted by atomic mass is 10.1. The van der Waals surface area contributed by atoms with E-state index in [0.29, 0.717) is 17.8 Å². The highest BCUT2D eigenvalue weighted by Crippen LogP contribution is 2.16. The van der Waals surface area contributed by atoms with Crippen molar-refractivity contribution in [2.24, 2.45) is 0 Å². The zero-order valence-corrected chi connectivity index (χ0v) is 12.0. The third kappa shape index (κ3) is 5.14. The molecule has 0 unspecified atom stereocenters. The molecule has 0 atom stereocenters. The topological polar surface area (TPSA) is 67.4 Å². The molecule has 0 heterocycles. The van der Waals surface area contributed by atoms with Gasteiger partial charge in [-0.15, -0.1) is 6.58 Å². The summed E-state index contributed by atoms with van der Waals surface area (Å²) < 4.78 is 5.16. The Bertz CT molecular complexity index is 504. The second-order valence-corrected chi connectivity index (χ2v) is 5.17. The van der Waals surface area contributed by atoms with Crippen LogP contribution in [-0.4, -0.2) is 24.1 Å². The summed E-state index contributed by atoms with van der Waals surface area (Å²) in [5, 5.41) is 5.24. The van der Waals surface area contributed by atoms with E-state index in [-0.39, 0.29) is 5.91 Å². The maximum Gasteiger partial charge on any atom is 0.412 e. The van der Waals surface area contributed by atoms with Gasteiger partial charge < -0.3 is 10.1 Å². The smallest absolute Gasteiger partial charge is 0.412 e. The molecule has 0 saturated carbocycles. The molecule has 0 aromatic heterocycles. The molecule has 0 spiro atoms. The number of ether oxygens (including phenoxy) is 1. The van der Waals surface area contributed by atoms with Crippen molar-refractivity contribution >= 4 is 17.7 Å². The van der Waals surface area contributed by atoms with Gasteiger partial charge in [0.05, 0.1) is 11.3 Å². The van der Waals surface area contributed by atoms with Crippen molar-refractivity contribution in [1.82, 2.24) is 5.32 Å². The summed E-state index contributed by atoms with van der Waals surface area (Å²) in [6, 6.07) is 6.73. The number of benzene rings is 1. The molecule has 1 aromatic carbocycles. The number of anilines is 1. The second-order valence-electron chi connectivity index (χ2n) is 5.17. The molecule has 2 amide bonds. The first-order valence-electron chi connectivity index (χ1n) is 6.31. The summed E-state index contributed by atoms with van der Waals surface area (Å²) in [5.41, 5.74) is 0.188. The molecule has 0 bridgehead atoms. The predicted molar refractivity (Wildman–Crippen MR) is 78.8 cm³/mol. The number of hydrogen-bond donors (Lipinski definition) is 2. The fraction of sp³-hybridized carbons (Fsp3) is 0.333. The number of nitrogens with one attached hydrogen (secondary N) is 2. The van der Waals surface area contributed by atoms with Gasteiger partial charge in [-0.2, -0.15) is 0 Å². The van der Waals surface area contributed by atoms with Gasteiger partial charge in [-0.25, -0.2) is 4.79 Å². The number of carbonyl (C=O) groups excluding carboxylic acids is 2. The van der Waals surface area contributed by atoms with Gasteiger partial charge >= 0.3 is 6.09 Å². The quantitative estimate of drug-likeness (QED) is 0.831. The van der Waals surface area contributed by atoms with Crippen molar-refractivity contribution in [3.8, 4) is 0 Å². The maximum atomic E-state index is 11.9. The minimum Gasteiger partial charge on any atom is -0.444 e.